The summed E-state index contributed by atoms with van der Waals surface area (Å²) in [5, 5.41) is 4.60. The number of hydrogen-bond acceptors (Lipinski definition) is 3. The molecule has 3 heteroatoms. The van der Waals surface area contributed by atoms with Gasteiger partial charge in [0.25, 0.3) is 0 Å². The molecule has 1 saturated heterocycles. The molecule has 1 aromatic rings. The number of nitrogens with zero attached hydrogens (tertiary/aromatic N) is 1. The van der Waals surface area contributed by atoms with Gasteiger partial charge in [0.15, 0.2) is 0 Å². The summed E-state index contributed by atoms with van der Waals surface area (Å²) in [6, 6.07) is 0. The molecule has 0 saturated carbocycles. The maximum atomic E-state index is 4.45. The molecule has 1 N–H and O–H groups in total. The molecule has 0 spiro atoms. The van der Waals surface area contributed by atoms with Gasteiger partial charge in [0.2, 0.25) is 0 Å². The molecule has 1 aromatic heterocycles. The van der Waals surface area contributed by atoms with Crippen LogP contribution in [0.5, 0.6) is 0 Å². The Kier molecular flexibility index (Phi) is 2.65. The molecule has 0 atom stereocenters. The highest BCUT2D eigenvalue weighted by atomic mass is 32.1. The Morgan fingerprint density at radius 1 is 1.62 bits per heavy atom. The summed E-state index contributed by atoms with van der Waals surface area (Å²) in [7, 11) is 0. The van der Waals surface area contributed by atoms with Crippen molar-refractivity contribution in [1.82, 2.24) is 10.3 Å². The van der Waals surface area contributed by atoms with Crippen molar-refractivity contribution in [2.75, 3.05) is 13.1 Å². The molecule has 1 aliphatic heterocycles. The zero-order chi connectivity index (χ0) is 9.26. The summed E-state index contributed by atoms with van der Waals surface area (Å²) < 4.78 is 0. The fourth-order valence-corrected chi connectivity index (χ4v) is 2.46. The zero-order valence-electron chi connectivity index (χ0n) is 8.21. The van der Waals surface area contributed by atoms with E-state index in [1.54, 1.807) is 0 Å². The van der Waals surface area contributed by atoms with Gasteiger partial charge in [-0.3, -0.25) is 0 Å². The highest BCUT2D eigenvalue weighted by Gasteiger charge is 2.18. The summed E-state index contributed by atoms with van der Waals surface area (Å²) in [5.41, 5.74) is 0. The minimum atomic E-state index is 0.630. The minimum Gasteiger partial charge on any atom is -0.316 e. The molecule has 0 amide bonds. The monoisotopic (exact) mass is 196 g/mol. The van der Waals surface area contributed by atoms with Crippen molar-refractivity contribution in [3.05, 3.63) is 16.1 Å². The van der Waals surface area contributed by atoms with E-state index >= 15 is 0 Å². The standard InChI is InChI=1S/C10H16N2S/c1-7(2)9-6-12-10(13-9)3-8-4-11-5-8/h6-8,11H,3-5H2,1-2H3. The summed E-state index contributed by atoms with van der Waals surface area (Å²) in [6.45, 7) is 6.80. The molecule has 2 heterocycles. The van der Waals surface area contributed by atoms with Crippen molar-refractivity contribution >= 4 is 11.3 Å². The van der Waals surface area contributed by atoms with Crippen LogP contribution in [0.4, 0.5) is 0 Å². The van der Waals surface area contributed by atoms with E-state index in [1.165, 1.54) is 29.4 Å². The highest BCUT2D eigenvalue weighted by Crippen LogP contribution is 2.24. The quantitative estimate of drug-likeness (QED) is 0.800. The van der Waals surface area contributed by atoms with Crippen LogP contribution in [-0.2, 0) is 6.42 Å². The third kappa shape index (κ3) is 2.09. The van der Waals surface area contributed by atoms with E-state index in [-0.39, 0.29) is 0 Å². The van der Waals surface area contributed by atoms with E-state index in [2.05, 4.69) is 24.1 Å². The van der Waals surface area contributed by atoms with Gasteiger partial charge in [0.05, 0.1) is 5.01 Å². The van der Waals surface area contributed by atoms with Crippen molar-refractivity contribution in [3.8, 4) is 0 Å². The molecule has 13 heavy (non-hydrogen) atoms. The van der Waals surface area contributed by atoms with Crippen LogP contribution in [0.2, 0.25) is 0 Å². The third-order valence-corrected chi connectivity index (χ3v) is 3.79. The fourth-order valence-electron chi connectivity index (χ4n) is 1.43. The zero-order valence-corrected chi connectivity index (χ0v) is 9.03. The second-order valence-electron chi connectivity index (χ2n) is 4.04. The summed E-state index contributed by atoms with van der Waals surface area (Å²) in [6.07, 6.45) is 3.21. The molecule has 72 valence electrons. The Bertz CT molecular complexity index is 276. The normalized spacial score (nSPS) is 17.8. The lowest BCUT2D eigenvalue weighted by atomic mass is 10.0. The fraction of sp³-hybridized carbons (Fsp3) is 0.700. The van der Waals surface area contributed by atoms with Gasteiger partial charge in [-0.05, 0) is 24.9 Å². The van der Waals surface area contributed by atoms with Gasteiger partial charge in [0, 0.05) is 17.5 Å². The van der Waals surface area contributed by atoms with E-state index < -0.39 is 0 Å². The number of nitrogens with one attached hydrogen (secondary N) is 1. The molecule has 0 radical (unpaired) electrons. The lowest BCUT2D eigenvalue weighted by Gasteiger charge is -2.25. The van der Waals surface area contributed by atoms with Gasteiger partial charge < -0.3 is 5.32 Å². The predicted octanol–water partition coefficient (Wildman–Crippen LogP) is 2.03. The largest absolute Gasteiger partial charge is 0.316 e. The van der Waals surface area contributed by atoms with Crippen LogP contribution in [0.15, 0.2) is 6.20 Å². The van der Waals surface area contributed by atoms with Crippen molar-refractivity contribution in [3.63, 3.8) is 0 Å². The maximum absolute atomic E-state index is 4.45. The first kappa shape index (κ1) is 9.16. The maximum Gasteiger partial charge on any atom is 0.0931 e. The number of hydrogen-bond donors (Lipinski definition) is 1. The molecule has 0 unspecified atom stereocenters. The van der Waals surface area contributed by atoms with Crippen LogP contribution in [0.3, 0.4) is 0 Å². The molecule has 0 bridgehead atoms. The summed E-state index contributed by atoms with van der Waals surface area (Å²) in [5.74, 6) is 1.47. The molecule has 2 rings (SSSR count). The van der Waals surface area contributed by atoms with E-state index in [0.29, 0.717) is 5.92 Å². The van der Waals surface area contributed by atoms with E-state index in [1.807, 2.05) is 17.5 Å². The lowest BCUT2D eigenvalue weighted by molar-refractivity contribution is 0.346. The molecular weight excluding hydrogens is 180 g/mol. The number of thiazole rings is 1. The molecule has 1 fully saturated rings. The smallest absolute Gasteiger partial charge is 0.0931 e. The van der Waals surface area contributed by atoms with Gasteiger partial charge in [-0.25, -0.2) is 4.98 Å². The summed E-state index contributed by atoms with van der Waals surface area (Å²) >= 11 is 1.88. The van der Waals surface area contributed by atoms with Gasteiger partial charge >= 0.3 is 0 Å². The van der Waals surface area contributed by atoms with Crippen LogP contribution in [0.25, 0.3) is 0 Å². The molecule has 0 aliphatic carbocycles. The first-order valence-electron chi connectivity index (χ1n) is 4.91. The third-order valence-electron chi connectivity index (χ3n) is 2.47. The number of aromatic nitrogens is 1. The van der Waals surface area contributed by atoms with Crippen molar-refractivity contribution in [2.24, 2.45) is 5.92 Å². The first-order valence-corrected chi connectivity index (χ1v) is 5.72. The second-order valence-corrected chi connectivity index (χ2v) is 5.19. The summed E-state index contributed by atoms with van der Waals surface area (Å²) in [4.78, 5) is 5.87. The van der Waals surface area contributed by atoms with E-state index in [0.717, 1.165) is 5.92 Å². The molecule has 1 aliphatic rings. The Hall–Kier alpha value is -0.410. The minimum absolute atomic E-state index is 0.630. The average molecular weight is 196 g/mol. The van der Waals surface area contributed by atoms with Crippen LogP contribution in [0, 0.1) is 5.92 Å². The van der Waals surface area contributed by atoms with Crippen LogP contribution < -0.4 is 5.32 Å². The molecule has 2 nitrogen and oxygen atoms in total. The van der Waals surface area contributed by atoms with Gasteiger partial charge in [-0.2, -0.15) is 0 Å². The number of rotatable bonds is 3. The lowest BCUT2D eigenvalue weighted by Crippen LogP contribution is -2.43. The Morgan fingerprint density at radius 2 is 2.38 bits per heavy atom. The average Bonchev–Trinajstić information content (AvgIpc) is 2.44. The topological polar surface area (TPSA) is 24.9 Å². The van der Waals surface area contributed by atoms with E-state index in [9.17, 15) is 0 Å². The molecule has 0 aromatic carbocycles. The van der Waals surface area contributed by atoms with Crippen molar-refractivity contribution < 1.29 is 0 Å². The van der Waals surface area contributed by atoms with Crippen LogP contribution in [-0.4, -0.2) is 18.1 Å². The highest BCUT2D eigenvalue weighted by molar-refractivity contribution is 7.11. The van der Waals surface area contributed by atoms with Gasteiger partial charge in [-0.15, -0.1) is 11.3 Å². The second kappa shape index (κ2) is 3.76. The predicted molar refractivity (Wildman–Crippen MR) is 56.3 cm³/mol. The van der Waals surface area contributed by atoms with Gasteiger partial charge in [0.1, 0.15) is 0 Å². The van der Waals surface area contributed by atoms with Crippen LogP contribution >= 0.6 is 11.3 Å². The van der Waals surface area contributed by atoms with Crippen LogP contribution in [0.1, 0.15) is 29.7 Å². The van der Waals surface area contributed by atoms with E-state index in [4.69, 9.17) is 0 Å². The first-order chi connectivity index (χ1) is 6.25. The Balaban J connectivity index is 1.96. The Labute approximate surface area is 83.4 Å². The van der Waals surface area contributed by atoms with Crippen molar-refractivity contribution in [1.29, 1.82) is 0 Å². The molecular formula is C10H16N2S. The van der Waals surface area contributed by atoms with Crippen molar-refractivity contribution in [2.45, 2.75) is 26.2 Å². The Morgan fingerprint density at radius 3 is 2.85 bits per heavy atom. The SMILES string of the molecule is CC(C)c1cnc(CC2CNC2)s1. The van der Waals surface area contributed by atoms with Gasteiger partial charge in [-0.1, -0.05) is 13.8 Å².